The van der Waals surface area contributed by atoms with Crippen LogP contribution in [-0.4, -0.2) is 36.0 Å². The standard InChI is InChI=1S/C15H16F4N2O.ClH/c16-11-6-9(5-10(7-11)15(17,18)19)14(22)21-4-3-12-1-2-13(8-21)20-12;/h5-7,12-13,20H,1-4,8H2;1H. The second-order valence-electron chi connectivity index (χ2n) is 5.90. The largest absolute Gasteiger partial charge is 0.416 e. The van der Waals surface area contributed by atoms with E-state index in [1.54, 1.807) is 0 Å². The fourth-order valence-corrected chi connectivity index (χ4v) is 3.19. The van der Waals surface area contributed by atoms with Crippen LogP contribution in [0.1, 0.15) is 35.2 Å². The molecule has 23 heavy (non-hydrogen) atoms. The van der Waals surface area contributed by atoms with E-state index in [2.05, 4.69) is 5.32 Å². The molecule has 1 aromatic rings. The lowest BCUT2D eigenvalue weighted by Crippen LogP contribution is -2.39. The summed E-state index contributed by atoms with van der Waals surface area (Å²) in [7, 11) is 0. The highest BCUT2D eigenvalue weighted by molar-refractivity contribution is 5.94. The number of nitrogens with zero attached hydrogens (tertiary/aromatic N) is 1. The maximum atomic E-state index is 13.4. The number of nitrogens with one attached hydrogen (secondary N) is 1. The Morgan fingerprint density at radius 1 is 1.13 bits per heavy atom. The molecule has 0 aromatic heterocycles. The fraction of sp³-hybridized carbons (Fsp3) is 0.533. The van der Waals surface area contributed by atoms with E-state index in [1.165, 1.54) is 4.90 Å². The first kappa shape index (κ1) is 18.0. The number of halogens is 5. The van der Waals surface area contributed by atoms with Crippen LogP contribution < -0.4 is 5.32 Å². The van der Waals surface area contributed by atoms with E-state index in [1.807, 2.05) is 0 Å². The van der Waals surface area contributed by atoms with Crippen molar-refractivity contribution in [2.45, 2.75) is 37.5 Å². The SMILES string of the molecule is Cl.O=C(c1cc(F)cc(C(F)(F)F)c1)N1CCC2CCC(C1)N2. The molecule has 3 rings (SSSR count). The molecule has 2 aliphatic rings. The van der Waals surface area contributed by atoms with Crippen LogP contribution in [0, 0.1) is 5.82 Å². The topological polar surface area (TPSA) is 32.3 Å². The second kappa shape index (κ2) is 6.65. The summed E-state index contributed by atoms with van der Waals surface area (Å²) in [5.41, 5.74) is -1.38. The zero-order chi connectivity index (χ0) is 15.9. The molecule has 8 heteroatoms. The normalized spacial score (nSPS) is 24.1. The third kappa shape index (κ3) is 3.95. The van der Waals surface area contributed by atoms with Crippen molar-refractivity contribution in [3.63, 3.8) is 0 Å². The van der Waals surface area contributed by atoms with Crippen LogP contribution in [0.25, 0.3) is 0 Å². The first-order valence-electron chi connectivity index (χ1n) is 7.26. The lowest BCUT2D eigenvalue weighted by molar-refractivity contribution is -0.137. The highest BCUT2D eigenvalue weighted by atomic mass is 35.5. The monoisotopic (exact) mass is 352 g/mol. The fourth-order valence-electron chi connectivity index (χ4n) is 3.19. The minimum Gasteiger partial charge on any atom is -0.337 e. The van der Waals surface area contributed by atoms with E-state index in [4.69, 9.17) is 0 Å². The first-order valence-corrected chi connectivity index (χ1v) is 7.26. The number of benzene rings is 1. The Labute approximate surface area is 137 Å². The number of amides is 1. The molecule has 0 radical (unpaired) electrons. The molecule has 0 spiro atoms. The summed E-state index contributed by atoms with van der Waals surface area (Å²) in [6, 6.07) is 2.53. The van der Waals surface area contributed by atoms with Gasteiger partial charge < -0.3 is 10.2 Å². The van der Waals surface area contributed by atoms with Gasteiger partial charge in [-0.15, -0.1) is 12.4 Å². The number of alkyl halides is 3. The highest BCUT2D eigenvalue weighted by Crippen LogP contribution is 2.31. The molecule has 3 nitrogen and oxygen atoms in total. The Balaban J connectivity index is 0.00000192. The van der Waals surface area contributed by atoms with Crippen molar-refractivity contribution in [1.29, 1.82) is 0 Å². The molecule has 2 aliphatic heterocycles. The first-order chi connectivity index (χ1) is 10.3. The molecule has 2 heterocycles. The van der Waals surface area contributed by atoms with Crippen LogP contribution >= 0.6 is 12.4 Å². The minimum atomic E-state index is -4.67. The van der Waals surface area contributed by atoms with Gasteiger partial charge in [0.25, 0.3) is 5.91 Å². The summed E-state index contributed by atoms with van der Waals surface area (Å²) in [5.74, 6) is -1.59. The Hall–Kier alpha value is -1.34. The molecule has 2 saturated heterocycles. The summed E-state index contributed by atoms with van der Waals surface area (Å²) in [6.07, 6.45) is -1.89. The van der Waals surface area contributed by atoms with Gasteiger partial charge in [0, 0.05) is 30.7 Å². The van der Waals surface area contributed by atoms with E-state index in [9.17, 15) is 22.4 Å². The summed E-state index contributed by atoms with van der Waals surface area (Å²) < 4.78 is 51.7. The van der Waals surface area contributed by atoms with Gasteiger partial charge in [-0.05, 0) is 37.5 Å². The predicted molar refractivity (Wildman–Crippen MR) is 79.1 cm³/mol. The van der Waals surface area contributed by atoms with Gasteiger partial charge in [-0.1, -0.05) is 0 Å². The third-order valence-electron chi connectivity index (χ3n) is 4.28. The van der Waals surface area contributed by atoms with Crippen molar-refractivity contribution in [3.05, 3.63) is 35.1 Å². The average Bonchev–Trinajstić information content (AvgIpc) is 2.76. The second-order valence-corrected chi connectivity index (χ2v) is 5.90. The Bertz CT molecular complexity index is 593. The van der Waals surface area contributed by atoms with Crippen LogP contribution in [0.5, 0.6) is 0 Å². The van der Waals surface area contributed by atoms with Crippen LogP contribution in [0.4, 0.5) is 17.6 Å². The van der Waals surface area contributed by atoms with E-state index >= 15 is 0 Å². The predicted octanol–water partition coefficient (Wildman–Crippen LogP) is 3.23. The minimum absolute atomic E-state index is 0. The molecule has 128 valence electrons. The molecule has 2 atom stereocenters. The van der Waals surface area contributed by atoms with Gasteiger partial charge in [-0.25, -0.2) is 4.39 Å². The van der Waals surface area contributed by atoms with E-state index in [0.29, 0.717) is 25.2 Å². The number of rotatable bonds is 1. The molecule has 2 unspecified atom stereocenters. The van der Waals surface area contributed by atoms with Crippen LogP contribution in [0.2, 0.25) is 0 Å². The van der Waals surface area contributed by atoms with Gasteiger partial charge in [-0.2, -0.15) is 13.2 Å². The Morgan fingerprint density at radius 3 is 2.52 bits per heavy atom. The maximum absolute atomic E-state index is 13.4. The van der Waals surface area contributed by atoms with E-state index in [0.717, 1.165) is 31.4 Å². The molecule has 1 N–H and O–H groups in total. The molecular formula is C15H17ClF4N2O. The van der Waals surface area contributed by atoms with Crippen LogP contribution in [0.3, 0.4) is 0 Å². The summed E-state index contributed by atoms with van der Waals surface area (Å²) >= 11 is 0. The lowest BCUT2D eigenvalue weighted by atomic mass is 10.1. The van der Waals surface area contributed by atoms with Gasteiger partial charge in [-0.3, -0.25) is 4.79 Å². The molecular weight excluding hydrogens is 336 g/mol. The number of carbonyl (C=O) groups excluding carboxylic acids is 1. The van der Waals surface area contributed by atoms with E-state index in [-0.39, 0.29) is 24.0 Å². The van der Waals surface area contributed by atoms with Crippen molar-refractivity contribution in [2.24, 2.45) is 0 Å². The van der Waals surface area contributed by atoms with Gasteiger partial charge in [0.1, 0.15) is 5.82 Å². The lowest BCUT2D eigenvalue weighted by Gasteiger charge is -2.24. The summed E-state index contributed by atoms with van der Waals surface area (Å²) in [6.45, 7) is 0.929. The van der Waals surface area contributed by atoms with E-state index < -0.39 is 23.5 Å². The molecule has 0 saturated carbocycles. The Morgan fingerprint density at radius 2 is 1.83 bits per heavy atom. The van der Waals surface area contributed by atoms with Crippen molar-refractivity contribution >= 4 is 18.3 Å². The number of carbonyl (C=O) groups is 1. The van der Waals surface area contributed by atoms with Crippen molar-refractivity contribution in [3.8, 4) is 0 Å². The molecule has 2 bridgehead atoms. The molecule has 1 aromatic carbocycles. The third-order valence-corrected chi connectivity index (χ3v) is 4.28. The number of hydrogen-bond acceptors (Lipinski definition) is 2. The molecule has 0 aliphatic carbocycles. The van der Waals surface area contributed by atoms with Gasteiger partial charge in [0.15, 0.2) is 0 Å². The number of hydrogen-bond donors (Lipinski definition) is 1. The summed E-state index contributed by atoms with van der Waals surface area (Å²) in [4.78, 5) is 13.9. The Kier molecular flexibility index (Phi) is 5.20. The van der Waals surface area contributed by atoms with Gasteiger partial charge in [0.05, 0.1) is 5.56 Å². The summed E-state index contributed by atoms with van der Waals surface area (Å²) in [5, 5.41) is 3.39. The van der Waals surface area contributed by atoms with Crippen molar-refractivity contribution in [1.82, 2.24) is 10.2 Å². The maximum Gasteiger partial charge on any atom is 0.416 e. The van der Waals surface area contributed by atoms with Crippen LogP contribution in [-0.2, 0) is 6.18 Å². The smallest absolute Gasteiger partial charge is 0.337 e. The van der Waals surface area contributed by atoms with Crippen LogP contribution in [0.15, 0.2) is 18.2 Å². The zero-order valence-electron chi connectivity index (χ0n) is 12.2. The zero-order valence-corrected chi connectivity index (χ0v) is 13.0. The quantitative estimate of drug-likeness (QED) is 0.787. The van der Waals surface area contributed by atoms with Crippen molar-refractivity contribution in [2.75, 3.05) is 13.1 Å². The molecule has 2 fully saturated rings. The number of fused-ring (bicyclic) bond motifs is 2. The van der Waals surface area contributed by atoms with Gasteiger partial charge in [0.2, 0.25) is 0 Å². The molecule has 1 amide bonds. The number of likely N-dealkylation sites (tertiary alicyclic amines) is 1. The average molecular weight is 353 g/mol. The van der Waals surface area contributed by atoms with Gasteiger partial charge >= 0.3 is 6.18 Å². The van der Waals surface area contributed by atoms with Crippen molar-refractivity contribution < 1.29 is 22.4 Å². The highest BCUT2D eigenvalue weighted by Gasteiger charge is 2.34.